The molecule has 34 heavy (non-hydrogen) atoms. The van der Waals surface area contributed by atoms with Crippen LogP contribution < -0.4 is 9.46 Å². The third kappa shape index (κ3) is 4.26. The molecule has 0 saturated carbocycles. The number of para-hydroxylation sites is 3. The highest BCUT2D eigenvalue weighted by molar-refractivity contribution is 7.92. The number of nitro groups is 1. The number of aryl methyl sites for hydroxylation is 1. The Morgan fingerprint density at radius 2 is 1.85 bits per heavy atom. The first-order valence-corrected chi connectivity index (χ1v) is 11.4. The van der Waals surface area contributed by atoms with E-state index in [-0.39, 0.29) is 28.7 Å². The number of rotatable bonds is 7. The number of sulfonamides is 1. The molecule has 0 aliphatic carbocycles. The summed E-state index contributed by atoms with van der Waals surface area (Å²) in [6, 6.07) is 14.9. The van der Waals surface area contributed by atoms with Crippen molar-refractivity contribution >= 4 is 43.7 Å². The number of non-ortho nitro benzene ring substituents is 1. The SMILES string of the molecule is COc1ccccc1NS(=O)(=O)c1cc([N+](=O)[O-])ccc1N=Nc1c(O)[nH]c2c(C)cccc12. The van der Waals surface area contributed by atoms with Gasteiger partial charge in [-0.3, -0.25) is 14.8 Å². The van der Waals surface area contributed by atoms with Crippen molar-refractivity contribution in [2.75, 3.05) is 11.8 Å². The topological polar surface area (TPSA) is 159 Å². The number of aromatic nitrogens is 1. The lowest BCUT2D eigenvalue weighted by molar-refractivity contribution is -0.385. The quantitative estimate of drug-likeness (QED) is 0.184. The Morgan fingerprint density at radius 1 is 1.09 bits per heavy atom. The average molecular weight is 481 g/mol. The second-order valence-corrected chi connectivity index (χ2v) is 8.89. The van der Waals surface area contributed by atoms with Gasteiger partial charge in [0.05, 0.1) is 23.2 Å². The van der Waals surface area contributed by atoms with Crippen molar-refractivity contribution in [2.24, 2.45) is 10.2 Å². The number of azo groups is 1. The highest BCUT2D eigenvalue weighted by Gasteiger charge is 2.24. The Morgan fingerprint density at radius 3 is 2.59 bits per heavy atom. The van der Waals surface area contributed by atoms with Crippen molar-refractivity contribution in [2.45, 2.75) is 11.8 Å². The van der Waals surface area contributed by atoms with E-state index in [0.717, 1.165) is 17.7 Å². The summed E-state index contributed by atoms with van der Waals surface area (Å²) in [6.07, 6.45) is 0. The smallest absolute Gasteiger partial charge is 0.270 e. The third-order valence-corrected chi connectivity index (χ3v) is 6.44. The molecule has 174 valence electrons. The maximum absolute atomic E-state index is 13.2. The molecule has 0 amide bonds. The van der Waals surface area contributed by atoms with Crippen LogP contribution in [0.1, 0.15) is 5.56 Å². The van der Waals surface area contributed by atoms with E-state index in [9.17, 15) is 23.6 Å². The van der Waals surface area contributed by atoms with Gasteiger partial charge in [0.25, 0.3) is 15.7 Å². The van der Waals surface area contributed by atoms with E-state index < -0.39 is 25.5 Å². The molecule has 0 atom stereocenters. The van der Waals surface area contributed by atoms with Gasteiger partial charge >= 0.3 is 0 Å². The van der Waals surface area contributed by atoms with Gasteiger partial charge in [-0.05, 0) is 30.7 Å². The summed E-state index contributed by atoms with van der Waals surface area (Å²) < 4.78 is 33.9. The monoisotopic (exact) mass is 481 g/mol. The van der Waals surface area contributed by atoms with Crippen LogP contribution in [0.5, 0.6) is 11.6 Å². The van der Waals surface area contributed by atoms with E-state index in [1.54, 1.807) is 30.3 Å². The zero-order valence-electron chi connectivity index (χ0n) is 18.0. The minimum absolute atomic E-state index is 0.109. The predicted octanol–water partition coefficient (Wildman–Crippen LogP) is 5.31. The summed E-state index contributed by atoms with van der Waals surface area (Å²) in [5, 5.41) is 30.2. The fourth-order valence-corrected chi connectivity index (χ4v) is 4.61. The Hall–Kier alpha value is -4.45. The number of methoxy groups -OCH3 is 1. The zero-order chi connectivity index (χ0) is 24.5. The number of anilines is 1. The standard InChI is InChI=1S/C22H19N5O6S/c1-13-6-5-7-15-20(13)23-22(28)21(15)25-24-17-11-10-14(27(29)30)12-19(17)34(31,32)26-16-8-3-4-9-18(16)33-2/h3-12,23,26,28H,1-2H3. The van der Waals surface area contributed by atoms with Gasteiger partial charge in [0.15, 0.2) is 5.69 Å². The molecule has 0 saturated heterocycles. The summed E-state index contributed by atoms with van der Waals surface area (Å²) in [4.78, 5) is 12.9. The lowest BCUT2D eigenvalue weighted by atomic mass is 10.1. The zero-order valence-corrected chi connectivity index (χ0v) is 18.8. The van der Waals surface area contributed by atoms with Gasteiger partial charge in [0, 0.05) is 17.5 Å². The highest BCUT2D eigenvalue weighted by Crippen LogP contribution is 2.39. The Balaban J connectivity index is 1.81. The first kappa shape index (κ1) is 22.7. The minimum atomic E-state index is -4.34. The summed E-state index contributed by atoms with van der Waals surface area (Å²) in [7, 11) is -2.96. The average Bonchev–Trinajstić information content (AvgIpc) is 3.14. The molecule has 1 aromatic heterocycles. The predicted molar refractivity (Wildman–Crippen MR) is 126 cm³/mol. The molecule has 0 radical (unpaired) electrons. The van der Waals surface area contributed by atoms with Crippen LogP contribution in [0.25, 0.3) is 10.9 Å². The molecule has 0 spiro atoms. The molecule has 4 rings (SSSR count). The number of benzene rings is 3. The van der Waals surface area contributed by atoms with Gasteiger partial charge < -0.3 is 14.8 Å². The molecule has 3 aromatic carbocycles. The molecule has 0 aliphatic rings. The van der Waals surface area contributed by atoms with E-state index in [1.165, 1.54) is 19.2 Å². The molecule has 0 bridgehead atoms. The third-order valence-electron chi connectivity index (χ3n) is 5.05. The number of hydrogen-bond acceptors (Lipinski definition) is 8. The second-order valence-electron chi connectivity index (χ2n) is 7.23. The number of aromatic amines is 1. The van der Waals surface area contributed by atoms with Crippen molar-refractivity contribution in [1.82, 2.24) is 4.98 Å². The van der Waals surface area contributed by atoms with Gasteiger partial charge in [-0.1, -0.05) is 30.3 Å². The Labute approximate surface area is 193 Å². The van der Waals surface area contributed by atoms with Crippen molar-refractivity contribution in [3.8, 4) is 11.6 Å². The highest BCUT2D eigenvalue weighted by atomic mass is 32.2. The Kier molecular flexibility index (Phi) is 5.90. The summed E-state index contributed by atoms with van der Waals surface area (Å²) >= 11 is 0. The fraction of sp³-hybridized carbons (Fsp3) is 0.0909. The normalized spacial score (nSPS) is 11.7. The summed E-state index contributed by atoms with van der Waals surface area (Å²) in [5.74, 6) is 0.0188. The largest absolute Gasteiger partial charge is 0.495 e. The summed E-state index contributed by atoms with van der Waals surface area (Å²) in [6.45, 7) is 1.85. The van der Waals surface area contributed by atoms with Gasteiger partial charge in [-0.2, -0.15) is 0 Å². The Bertz CT molecular complexity index is 1540. The van der Waals surface area contributed by atoms with Gasteiger partial charge in [0.1, 0.15) is 16.3 Å². The molecule has 0 aliphatic heterocycles. The maximum atomic E-state index is 13.2. The second kappa shape index (κ2) is 8.83. The molecular weight excluding hydrogens is 462 g/mol. The van der Waals surface area contributed by atoms with Crippen molar-refractivity contribution in [3.63, 3.8) is 0 Å². The number of nitro benzene ring substituents is 1. The van der Waals surface area contributed by atoms with Crippen LogP contribution in [0.2, 0.25) is 0 Å². The van der Waals surface area contributed by atoms with E-state index in [1.807, 2.05) is 13.0 Å². The molecule has 3 N–H and O–H groups in total. The van der Waals surface area contributed by atoms with Crippen LogP contribution in [0, 0.1) is 17.0 Å². The fourth-order valence-electron chi connectivity index (χ4n) is 3.38. The molecule has 0 unspecified atom stereocenters. The van der Waals surface area contributed by atoms with Crippen molar-refractivity contribution < 1.29 is 23.2 Å². The number of nitrogens with one attached hydrogen (secondary N) is 2. The molecule has 12 heteroatoms. The first-order valence-electron chi connectivity index (χ1n) is 9.87. The number of H-pyrrole nitrogens is 1. The van der Waals surface area contributed by atoms with Gasteiger partial charge in [0.2, 0.25) is 5.88 Å². The minimum Gasteiger partial charge on any atom is -0.495 e. The molecule has 0 fully saturated rings. The van der Waals surface area contributed by atoms with Gasteiger partial charge in [-0.15, -0.1) is 10.2 Å². The molecule has 1 heterocycles. The first-order chi connectivity index (χ1) is 16.2. The summed E-state index contributed by atoms with van der Waals surface area (Å²) in [5.41, 5.74) is 1.18. The number of nitrogens with zero attached hydrogens (tertiary/aromatic N) is 3. The number of ether oxygens (including phenoxy) is 1. The van der Waals surface area contributed by atoms with Crippen LogP contribution >= 0.6 is 0 Å². The molecule has 11 nitrogen and oxygen atoms in total. The molecular formula is C22H19N5O6S. The van der Waals surface area contributed by atoms with E-state index >= 15 is 0 Å². The van der Waals surface area contributed by atoms with Crippen LogP contribution in [-0.2, 0) is 10.0 Å². The maximum Gasteiger partial charge on any atom is 0.270 e. The molecule has 4 aromatic rings. The van der Waals surface area contributed by atoms with Crippen molar-refractivity contribution in [1.29, 1.82) is 0 Å². The van der Waals surface area contributed by atoms with Crippen LogP contribution in [0.3, 0.4) is 0 Å². The van der Waals surface area contributed by atoms with E-state index in [0.29, 0.717) is 10.9 Å². The van der Waals surface area contributed by atoms with E-state index in [2.05, 4.69) is 19.9 Å². The lowest BCUT2D eigenvalue weighted by Crippen LogP contribution is -2.14. The van der Waals surface area contributed by atoms with Gasteiger partial charge in [-0.25, -0.2) is 8.42 Å². The van der Waals surface area contributed by atoms with E-state index in [4.69, 9.17) is 4.74 Å². The van der Waals surface area contributed by atoms with Crippen molar-refractivity contribution in [3.05, 3.63) is 76.3 Å². The lowest BCUT2D eigenvalue weighted by Gasteiger charge is -2.12. The van der Waals surface area contributed by atoms with Crippen LogP contribution in [-0.4, -0.2) is 30.5 Å². The number of aromatic hydroxyl groups is 1. The van der Waals surface area contributed by atoms with Crippen LogP contribution in [0.15, 0.2) is 75.8 Å². The number of fused-ring (bicyclic) bond motifs is 1. The number of hydrogen-bond donors (Lipinski definition) is 3. The van der Waals surface area contributed by atoms with Crippen LogP contribution in [0.4, 0.5) is 22.7 Å².